The van der Waals surface area contributed by atoms with Gasteiger partial charge in [-0.05, 0) is 69.3 Å². The topological polar surface area (TPSA) is 32.5 Å². The van der Waals surface area contributed by atoms with Crippen LogP contribution < -0.4 is 15.5 Å². The van der Waals surface area contributed by atoms with Crippen molar-refractivity contribution >= 4 is 11.4 Å². The van der Waals surface area contributed by atoms with Crippen molar-refractivity contribution in [3.63, 3.8) is 0 Å². The van der Waals surface area contributed by atoms with Gasteiger partial charge in [-0.1, -0.05) is 0 Å². The molecule has 0 aromatic heterocycles. The highest BCUT2D eigenvalue weighted by molar-refractivity contribution is 5.67. The summed E-state index contributed by atoms with van der Waals surface area (Å²) < 4.78 is 0. The third kappa shape index (κ3) is 2.93. The summed E-state index contributed by atoms with van der Waals surface area (Å²) in [5, 5.41) is 0. The second-order valence-corrected chi connectivity index (χ2v) is 5.97. The van der Waals surface area contributed by atoms with E-state index in [0.717, 1.165) is 32.6 Å². The van der Waals surface area contributed by atoms with Crippen LogP contribution in [0.3, 0.4) is 0 Å². The molecule has 1 aromatic rings. The molecule has 0 fully saturated rings. The maximum atomic E-state index is 5.75. The average molecular weight is 275 g/mol. The second kappa shape index (κ2) is 6.49. The largest absolute Gasteiger partial charge is 0.374 e. The number of rotatable bonds is 5. The molecule has 0 amide bonds. The van der Waals surface area contributed by atoms with Crippen molar-refractivity contribution in [3.05, 3.63) is 23.3 Å². The van der Waals surface area contributed by atoms with Gasteiger partial charge < -0.3 is 15.5 Å². The molecule has 1 unspecified atom stereocenters. The highest BCUT2D eigenvalue weighted by atomic mass is 15.1. The first kappa shape index (κ1) is 15.2. The van der Waals surface area contributed by atoms with E-state index < -0.39 is 0 Å². The summed E-state index contributed by atoms with van der Waals surface area (Å²) in [5.41, 5.74) is 11.5. The van der Waals surface area contributed by atoms with Crippen LogP contribution >= 0.6 is 0 Å². The van der Waals surface area contributed by atoms with Crippen molar-refractivity contribution < 1.29 is 0 Å². The number of nitrogens with zero attached hydrogens (tertiary/aromatic N) is 2. The zero-order chi connectivity index (χ0) is 14.7. The van der Waals surface area contributed by atoms with E-state index in [4.69, 9.17) is 5.73 Å². The molecular formula is C17H29N3. The molecule has 112 valence electrons. The van der Waals surface area contributed by atoms with E-state index >= 15 is 0 Å². The van der Waals surface area contributed by atoms with Crippen LogP contribution in [0.5, 0.6) is 0 Å². The smallest absolute Gasteiger partial charge is 0.0427 e. The molecule has 1 aliphatic rings. The summed E-state index contributed by atoms with van der Waals surface area (Å²) >= 11 is 0. The highest BCUT2D eigenvalue weighted by Gasteiger charge is 2.24. The Balaban J connectivity index is 2.36. The van der Waals surface area contributed by atoms with Crippen molar-refractivity contribution in [2.24, 2.45) is 11.7 Å². The highest BCUT2D eigenvalue weighted by Crippen LogP contribution is 2.36. The van der Waals surface area contributed by atoms with Gasteiger partial charge in [0, 0.05) is 38.1 Å². The van der Waals surface area contributed by atoms with Gasteiger partial charge >= 0.3 is 0 Å². The molecule has 1 atom stereocenters. The lowest BCUT2D eigenvalue weighted by Gasteiger charge is -2.36. The minimum atomic E-state index is 0.698. The molecular weight excluding hydrogens is 246 g/mol. The fraction of sp³-hybridized carbons (Fsp3) is 0.647. The fourth-order valence-corrected chi connectivity index (χ4v) is 3.59. The van der Waals surface area contributed by atoms with Crippen molar-refractivity contribution in [2.45, 2.75) is 33.6 Å². The first-order chi connectivity index (χ1) is 9.60. The Morgan fingerprint density at radius 2 is 2.00 bits per heavy atom. The van der Waals surface area contributed by atoms with Gasteiger partial charge in [-0.15, -0.1) is 0 Å². The van der Waals surface area contributed by atoms with Crippen molar-refractivity contribution in [1.82, 2.24) is 0 Å². The summed E-state index contributed by atoms with van der Waals surface area (Å²) in [6, 6.07) is 4.74. The second-order valence-electron chi connectivity index (χ2n) is 5.97. The molecule has 0 bridgehead atoms. The van der Waals surface area contributed by atoms with Crippen molar-refractivity contribution in [2.75, 3.05) is 43.0 Å². The average Bonchev–Trinajstić information content (AvgIpc) is 2.39. The Kier molecular flexibility index (Phi) is 4.92. The zero-order valence-corrected chi connectivity index (χ0v) is 13.4. The molecule has 0 saturated heterocycles. The minimum Gasteiger partial charge on any atom is -0.374 e. The summed E-state index contributed by atoms with van der Waals surface area (Å²) in [6.07, 6.45) is 2.30. The Morgan fingerprint density at radius 3 is 2.60 bits per heavy atom. The van der Waals surface area contributed by atoms with E-state index in [1.54, 1.807) is 0 Å². The summed E-state index contributed by atoms with van der Waals surface area (Å²) in [7, 11) is 2.21. The van der Waals surface area contributed by atoms with Crippen LogP contribution in [0.2, 0.25) is 0 Å². The van der Waals surface area contributed by atoms with E-state index in [1.807, 2.05) is 0 Å². The normalized spacial score (nSPS) is 18.1. The third-order valence-electron chi connectivity index (χ3n) is 4.49. The summed E-state index contributed by atoms with van der Waals surface area (Å²) in [5.74, 6) is 0.698. The third-order valence-corrected chi connectivity index (χ3v) is 4.49. The van der Waals surface area contributed by atoms with Gasteiger partial charge in [0.2, 0.25) is 0 Å². The van der Waals surface area contributed by atoms with Gasteiger partial charge in [-0.3, -0.25) is 0 Å². The number of benzene rings is 1. The van der Waals surface area contributed by atoms with Crippen LogP contribution in [-0.4, -0.2) is 33.2 Å². The van der Waals surface area contributed by atoms with Crippen LogP contribution in [0, 0.1) is 12.8 Å². The molecule has 20 heavy (non-hydrogen) atoms. The monoisotopic (exact) mass is 275 g/mol. The molecule has 3 nitrogen and oxygen atoms in total. The molecule has 1 aliphatic heterocycles. The number of hydrogen-bond acceptors (Lipinski definition) is 3. The van der Waals surface area contributed by atoms with Gasteiger partial charge in [0.05, 0.1) is 0 Å². The minimum absolute atomic E-state index is 0.698. The Morgan fingerprint density at radius 1 is 1.30 bits per heavy atom. The molecule has 0 radical (unpaired) electrons. The van der Waals surface area contributed by atoms with Gasteiger partial charge in [0.25, 0.3) is 0 Å². The van der Waals surface area contributed by atoms with E-state index in [-0.39, 0.29) is 0 Å². The molecule has 0 spiro atoms. The van der Waals surface area contributed by atoms with E-state index in [1.165, 1.54) is 28.9 Å². The first-order valence-electron chi connectivity index (χ1n) is 7.90. The first-order valence-corrected chi connectivity index (χ1v) is 7.90. The summed E-state index contributed by atoms with van der Waals surface area (Å²) in [6.45, 7) is 10.8. The lowest BCUT2D eigenvalue weighted by Crippen LogP contribution is -2.34. The standard InChI is InChI=1S/C17H29N3/c1-5-20(6-2)16-9-13(3)17-15(11-16)10-14(7-8-18)12-19(17)4/h9,11,14H,5-8,10,12,18H2,1-4H3. The molecule has 2 N–H and O–H groups in total. The molecule has 2 rings (SSSR count). The molecule has 0 aliphatic carbocycles. The van der Waals surface area contributed by atoms with Gasteiger partial charge in [-0.25, -0.2) is 0 Å². The number of aryl methyl sites for hydroxylation is 1. The Hall–Kier alpha value is -1.22. The fourth-order valence-electron chi connectivity index (χ4n) is 3.59. The Labute approximate surface area is 123 Å². The van der Waals surface area contributed by atoms with Crippen LogP contribution in [0.1, 0.15) is 31.4 Å². The number of fused-ring (bicyclic) bond motifs is 1. The van der Waals surface area contributed by atoms with Gasteiger partial charge in [0.1, 0.15) is 0 Å². The van der Waals surface area contributed by atoms with Gasteiger partial charge in [0.15, 0.2) is 0 Å². The number of hydrogen-bond donors (Lipinski definition) is 1. The van der Waals surface area contributed by atoms with Crippen molar-refractivity contribution in [3.8, 4) is 0 Å². The van der Waals surface area contributed by atoms with Crippen LogP contribution in [0.25, 0.3) is 0 Å². The van der Waals surface area contributed by atoms with E-state index in [9.17, 15) is 0 Å². The molecule has 1 heterocycles. The van der Waals surface area contributed by atoms with Crippen LogP contribution in [0.4, 0.5) is 11.4 Å². The van der Waals surface area contributed by atoms with E-state index in [0.29, 0.717) is 5.92 Å². The van der Waals surface area contributed by atoms with E-state index in [2.05, 4.69) is 49.8 Å². The SMILES string of the molecule is CCN(CC)c1cc(C)c2c(c1)CC(CCN)CN2C. The molecule has 1 aromatic carbocycles. The van der Waals surface area contributed by atoms with Gasteiger partial charge in [-0.2, -0.15) is 0 Å². The predicted octanol–water partition coefficient (Wildman–Crippen LogP) is 2.80. The zero-order valence-electron chi connectivity index (χ0n) is 13.4. The number of nitrogens with two attached hydrogens (primary N) is 1. The maximum Gasteiger partial charge on any atom is 0.0427 e. The number of anilines is 2. The van der Waals surface area contributed by atoms with Crippen molar-refractivity contribution in [1.29, 1.82) is 0 Å². The van der Waals surface area contributed by atoms with Crippen LogP contribution in [-0.2, 0) is 6.42 Å². The summed E-state index contributed by atoms with van der Waals surface area (Å²) in [4.78, 5) is 4.85. The lowest BCUT2D eigenvalue weighted by atomic mass is 9.88. The quantitative estimate of drug-likeness (QED) is 0.897. The predicted molar refractivity (Wildman–Crippen MR) is 88.9 cm³/mol. The maximum absolute atomic E-state index is 5.75. The Bertz CT molecular complexity index is 452. The van der Waals surface area contributed by atoms with Crippen LogP contribution in [0.15, 0.2) is 12.1 Å². The molecule has 3 heteroatoms. The lowest BCUT2D eigenvalue weighted by molar-refractivity contribution is 0.474. The molecule has 0 saturated carbocycles.